The number of H-pyrrole nitrogens is 1. The normalized spacial score (nSPS) is 12.1. The van der Waals surface area contributed by atoms with Gasteiger partial charge in [0.05, 0.1) is 11.3 Å². The molecule has 0 bridgehead atoms. The van der Waals surface area contributed by atoms with Crippen molar-refractivity contribution in [3.8, 4) is 0 Å². The van der Waals surface area contributed by atoms with E-state index in [0.717, 1.165) is 12.1 Å². The van der Waals surface area contributed by atoms with Crippen LogP contribution < -0.4 is 5.73 Å². The zero-order chi connectivity index (χ0) is 15.0. The molecule has 2 heterocycles. The highest BCUT2D eigenvalue weighted by Gasteiger charge is 2.19. The first-order valence-electron chi connectivity index (χ1n) is 6.62. The second kappa shape index (κ2) is 6.60. The van der Waals surface area contributed by atoms with Gasteiger partial charge in [-0.2, -0.15) is 13.5 Å². The van der Waals surface area contributed by atoms with E-state index in [1.165, 1.54) is 23.5 Å². The summed E-state index contributed by atoms with van der Waals surface area (Å²) in [4.78, 5) is 19.8. The Hall–Kier alpha value is -1.70. The Morgan fingerprint density at radius 3 is 3.00 bits per heavy atom. The van der Waals surface area contributed by atoms with Crippen molar-refractivity contribution in [3.05, 3.63) is 51.9 Å². The molecule has 0 fully saturated rings. The maximum Gasteiger partial charge on any atom is 0.223 e. The lowest BCUT2D eigenvalue weighted by Crippen LogP contribution is -2.09. The predicted octanol–water partition coefficient (Wildman–Crippen LogP) is 3.52. The third-order valence-electron chi connectivity index (χ3n) is 3.42. The van der Waals surface area contributed by atoms with Crippen molar-refractivity contribution in [2.45, 2.75) is 19.4 Å². The molecule has 1 aromatic carbocycles. The molecular weight excluding hydrogens is 321 g/mol. The zero-order valence-corrected chi connectivity index (χ0v) is 13.7. The average Bonchev–Trinajstić information content (AvgIpc) is 3.12. The van der Waals surface area contributed by atoms with Crippen LogP contribution in [0.25, 0.3) is 10.9 Å². The number of hydrogen-bond acceptors (Lipinski definition) is 4. The Morgan fingerprint density at radius 2 is 2.27 bits per heavy atom. The summed E-state index contributed by atoms with van der Waals surface area (Å²) in [5.41, 5.74) is 7.75. The number of aromatic nitrogens is 2. The number of carbonyl (C=O) groups excluding carboxylic acids is 1. The number of aromatic amines is 1. The van der Waals surface area contributed by atoms with Gasteiger partial charge in [0.1, 0.15) is 5.82 Å². The summed E-state index contributed by atoms with van der Waals surface area (Å²) in [6.45, 7) is 1.97. The summed E-state index contributed by atoms with van der Waals surface area (Å²) in [6.07, 6.45) is 2.36. The largest absolute Gasteiger partial charge is 0.360 e. The molecule has 0 saturated carbocycles. The SMILES string of the molecule is CC[C@H](N)c1csc(C(=O)c2c[nH]c3cc(F)ccc23)n1.S. The van der Waals surface area contributed by atoms with E-state index in [-0.39, 0.29) is 31.1 Å². The summed E-state index contributed by atoms with van der Waals surface area (Å²) in [5, 5.41) is 2.91. The molecule has 3 N–H and O–H groups in total. The van der Waals surface area contributed by atoms with Crippen LogP contribution in [0.4, 0.5) is 4.39 Å². The molecule has 0 unspecified atom stereocenters. The molecule has 7 heteroatoms. The van der Waals surface area contributed by atoms with Gasteiger partial charge in [0.25, 0.3) is 0 Å². The topological polar surface area (TPSA) is 71.8 Å². The predicted molar refractivity (Wildman–Crippen MR) is 91.4 cm³/mol. The van der Waals surface area contributed by atoms with Gasteiger partial charge in [-0.1, -0.05) is 6.92 Å². The number of carbonyl (C=O) groups is 1. The second-order valence-electron chi connectivity index (χ2n) is 4.81. The number of hydrogen-bond donors (Lipinski definition) is 2. The molecule has 4 nitrogen and oxygen atoms in total. The van der Waals surface area contributed by atoms with E-state index in [0.29, 0.717) is 21.5 Å². The number of nitrogens with one attached hydrogen (secondary N) is 1. The Morgan fingerprint density at radius 1 is 1.50 bits per heavy atom. The van der Waals surface area contributed by atoms with Gasteiger partial charge >= 0.3 is 0 Å². The fourth-order valence-corrected chi connectivity index (χ4v) is 3.01. The number of nitrogens with two attached hydrogens (primary N) is 1. The van der Waals surface area contributed by atoms with Crippen LogP contribution in [0, 0.1) is 5.82 Å². The number of fused-ring (bicyclic) bond motifs is 1. The molecule has 0 aliphatic rings. The average molecular weight is 337 g/mol. The van der Waals surface area contributed by atoms with Gasteiger partial charge in [0.2, 0.25) is 5.78 Å². The summed E-state index contributed by atoms with van der Waals surface area (Å²) >= 11 is 1.28. The van der Waals surface area contributed by atoms with Crippen molar-refractivity contribution in [1.82, 2.24) is 9.97 Å². The smallest absolute Gasteiger partial charge is 0.223 e. The first-order chi connectivity index (χ1) is 10.1. The molecule has 3 aromatic rings. The first-order valence-corrected chi connectivity index (χ1v) is 7.50. The number of ketones is 1. The lowest BCUT2D eigenvalue weighted by atomic mass is 10.1. The van der Waals surface area contributed by atoms with Crippen molar-refractivity contribution in [2.24, 2.45) is 5.73 Å². The van der Waals surface area contributed by atoms with Gasteiger partial charge in [0, 0.05) is 28.5 Å². The van der Waals surface area contributed by atoms with E-state index >= 15 is 0 Å². The molecule has 1 atom stereocenters. The van der Waals surface area contributed by atoms with E-state index in [9.17, 15) is 9.18 Å². The Bertz CT molecular complexity index is 812. The highest BCUT2D eigenvalue weighted by Crippen LogP contribution is 2.24. The van der Waals surface area contributed by atoms with Gasteiger partial charge in [-0.3, -0.25) is 4.79 Å². The molecule has 116 valence electrons. The van der Waals surface area contributed by atoms with Gasteiger partial charge in [-0.15, -0.1) is 11.3 Å². The number of nitrogens with zero attached hydrogens (tertiary/aromatic N) is 1. The van der Waals surface area contributed by atoms with Crippen molar-refractivity contribution in [3.63, 3.8) is 0 Å². The van der Waals surface area contributed by atoms with Crippen LogP contribution in [0.15, 0.2) is 29.8 Å². The monoisotopic (exact) mass is 337 g/mol. The number of thiazole rings is 1. The number of rotatable bonds is 4. The zero-order valence-electron chi connectivity index (χ0n) is 11.9. The summed E-state index contributed by atoms with van der Waals surface area (Å²) in [5.74, 6) is -0.513. The molecule has 0 saturated heterocycles. The molecule has 2 aromatic heterocycles. The Kier molecular flexibility index (Phi) is 5.00. The molecule has 0 aliphatic carbocycles. The molecule has 3 rings (SSSR count). The fraction of sp³-hybridized carbons (Fsp3) is 0.200. The maximum absolute atomic E-state index is 13.2. The Balaban J connectivity index is 0.00000176. The van der Waals surface area contributed by atoms with Crippen molar-refractivity contribution in [2.75, 3.05) is 0 Å². The van der Waals surface area contributed by atoms with E-state index in [2.05, 4.69) is 9.97 Å². The van der Waals surface area contributed by atoms with Crippen LogP contribution in [0.1, 0.15) is 40.4 Å². The quantitative estimate of drug-likeness (QED) is 0.716. The van der Waals surface area contributed by atoms with Crippen LogP contribution in [0.2, 0.25) is 0 Å². The van der Waals surface area contributed by atoms with Crippen LogP contribution in [-0.4, -0.2) is 15.8 Å². The number of benzene rings is 1. The highest BCUT2D eigenvalue weighted by atomic mass is 32.1. The van der Waals surface area contributed by atoms with Crippen LogP contribution >= 0.6 is 24.8 Å². The maximum atomic E-state index is 13.2. The van der Waals surface area contributed by atoms with Crippen LogP contribution in [-0.2, 0) is 0 Å². The van der Waals surface area contributed by atoms with E-state index < -0.39 is 0 Å². The fourth-order valence-electron chi connectivity index (χ4n) is 2.17. The standard InChI is InChI=1S/C15H14FN3OS.H2S/c1-2-11(17)13-7-21-15(19-13)14(20)10-6-18-12-5-8(16)3-4-9(10)12;/h3-7,11,18H,2,17H2,1H3;1H2/t11-;/m0./s1. The van der Waals surface area contributed by atoms with Crippen molar-refractivity contribution in [1.29, 1.82) is 0 Å². The first kappa shape index (κ1) is 16.7. The van der Waals surface area contributed by atoms with Crippen molar-refractivity contribution >= 4 is 41.5 Å². The summed E-state index contributed by atoms with van der Waals surface area (Å²) in [7, 11) is 0. The lowest BCUT2D eigenvalue weighted by molar-refractivity contribution is 0.103. The third-order valence-corrected chi connectivity index (χ3v) is 4.28. The minimum Gasteiger partial charge on any atom is -0.360 e. The number of halogens is 1. The molecule has 22 heavy (non-hydrogen) atoms. The van der Waals surface area contributed by atoms with Gasteiger partial charge in [0.15, 0.2) is 5.01 Å². The second-order valence-corrected chi connectivity index (χ2v) is 5.67. The molecule has 0 spiro atoms. The lowest BCUT2D eigenvalue weighted by Gasteiger charge is -2.02. The Labute approximate surface area is 138 Å². The van der Waals surface area contributed by atoms with Crippen LogP contribution in [0.3, 0.4) is 0 Å². The minimum atomic E-state index is -0.339. The molecule has 0 aliphatic heterocycles. The third kappa shape index (κ3) is 2.92. The summed E-state index contributed by atoms with van der Waals surface area (Å²) < 4.78 is 13.2. The summed E-state index contributed by atoms with van der Waals surface area (Å²) in [6, 6.07) is 4.15. The van der Waals surface area contributed by atoms with Gasteiger partial charge < -0.3 is 10.7 Å². The molecule has 0 amide bonds. The highest BCUT2D eigenvalue weighted by molar-refractivity contribution is 7.59. The van der Waals surface area contributed by atoms with E-state index in [1.807, 2.05) is 12.3 Å². The van der Waals surface area contributed by atoms with Gasteiger partial charge in [-0.05, 0) is 24.6 Å². The minimum absolute atomic E-state index is 0. The van der Waals surface area contributed by atoms with E-state index in [4.69, 9.17) is 5.73 Å². The van der Waals surface area contributed by atoms with Gasteiger partial charge in [-0.25, -0.2) is 9.37 Å². The molecular formula is C15H16FN3OS2. The van der Waals surface area contributed by atoms with Crippen molar-refractivity contribution < 1.29 is 9.18 Å². The molecule has 0 radical (unpaired) electrons. The van der Waals surface area contributed by atoms with E-state index in [1.54, 1.807) is 12.3 Å². The van der Waals surface area contributed by atoms with Crippen LogP contribution in [0.5, 0.6) is 0 Å².